The number of halogens is 1. The van der Waals surface area contributed by atoms with Crippen LogP contribution in [0.1, 0.15) is 20.3 Å². The first-order chi connectivity index (χ1) is 12.4. The van der Waals surface area contributed by atoms with Gasteiger partial charge in [0.05, 0.1) is 12.9 Å². The van der Waals surface area contributed by atoms with Crippen molar-refractivity contribution in [2.24, 2.45) is 5.92 Å². The van der Waals surface area contributed by atoms with Gasteiger partial charge in [-0.3, -0.25) is 4.79 Å². The Balaban J connectivity index is 1.90. The highest BCUT2D eigenvalue weighted by molar-refractivity contribution is 7.99. The smallest absolute Gasteiger partial charge is 0.328 e. The highest BCUT2D eigenvalue weighted by Crippen LogP contribution is 2.24. The Kier molecular flexibility index (Phi) is 7.47. The molecule has 0 saturated carbocycles. The summed E-state index contributed by atoms with van der Waals surface area (Å²) in [5.41, 5.74) is 0.737. The molecular weight excluding hydrogens is 378 g/mol. The third-order valence-corrected chi connectivity index (χ3v) is 4.42. The van der Waals surface area contributed by atoms with E-state index in [0.717, 1.165) is 17.3 Å². The third kappa shape index (κ3) is 6.03. The van der Waals surface area contributed by atoms with Gasteiger partial charge in [0.15, 0.2) is 0 Å². The molecule has 2 aromatic rings. The van der Waals surface area contributed by atoms with E-state index in [9.17, 15) is 9.59 Å². The molecule has 1 amide bonds. The van der Waals surface area contributed by atoms with Crippen LogP contribution in [0.25, 0.3) is 11.5 Å². The first-order valence-electron chi connectivity index (χ1n) is 7.98. The monoisotopic (exact) mass is 397 g/mol. The number of ether oxygens (including phenoxy) is 1. The molecule has 0 radical (unpaired) electrons. The quantitative estimate of drug-likeness (QED) is 0.539. The van der Waals surface area contributed by atoms with Crippen molar-refractivity contribution in [3.8, 4) is 11.5 Å². The molecule has 0 fully saturated rings. The summed E-state index contributed by atoms with van der Waals surface area (Å²) in [7, 11) is 1.30. The molecule has 0 spiro atoms. The number of esters is 1. The number of hydrogen-bond donors (Lipinski definition) is 1. The van der Waals surface area contributed by atoms with Gasteiger partial charge in [-0.15, -0.1) is 10.2 Å². The van der Waals surface area contributed by atoms with Crippen LogP contribution >= 0.6 is 23.4 Å². The van der Waals surface area contributed by atoms with Gasteiger partial charge in [0.1, 0.15) is 6.04 Å². The largest absolute Gasteiger partial charge is 0.467 e. The molecule has 26 heavy (non-hydrogen) atoms. The van der Waals surface area contributed by atoms with E-state index < -0.39 is 12.0 Å². The van der Waals surface area contributed by atoms with Crippen molar-refractivity contribution in [2.45, 2.75) is 31.5 Å². The number of nitrogens with one attached hydrogen (secondary N) is 1. The zero-order valence-electron chi connectivity index (χ0n) is 14.7. The Labute approximate surface area is 160 Å². The number of benzene rings is 1. The van der Waals surface area contributed by atoms with Crippen molar-refractivity contribution in [2.75, 3.05) is 12.9 Å². The molecule has 1 N–H and O–H groups in total. The zero-order chi connectivity index (χ0) is 19.1. The number of aromatic nitrogens is 2. The van der Waals surface area contributed by atoms with E-state index in [-0.39, 0.29) is 22.8 Å². The summed E-state index contributed by atoms with van der Waals surface area (Å²) in [6.45, 7) is 3.93. The van der Waals surface area contributed by atoms with Crippen molar-refractivity contribution >= 4 is 35.2 Å². The number of carbonyl (C=O) groups is 2. The molecule has 0 saturated heterocycles. The van der Waals surface area contributed by atoms with E-state index in [4.69, 9.17) is 20.8 Å². The average Bonchev–Trinajstić information content (AvgIpc) is 3.08. The molecule has 0 aliphatic carbocycles. The molecule has 1 heterocycles. The van der Waals surface area contributed by atoms with Gasteiger partial charge in [0, 0.05) is 10.6 Å². The van der Waals surface area contributed by atoms with Crippen LogP contribution in [0.4, 0.5) is 0 Å². The summed E-state index contributed by atoms with van der Waals surface area (Å²) in [5.74, 6) is -0.132. The van der Waals surface area contributed by atoms with Crippen LogP contribution in [0.15, 0.2) is 33.9 Å². The van der Waals surface area contributed by atoms with Crippen molar-refractivity contribution in [3.05, 3.63) is 29.3 Å². The zero-order valence-corrected chi connectivity index (χ0v) is 16.3. The third-order valence-electron chi connectivity index (χ3n) is 3.35. The summed E-state index contributed by atoms with van der Waals surface area (Å²) < 4.78 is 10.3. The highest BCUT2D eigenvalue weighted by atomic mass is 35.5. The van der Waals surface area contributed by atoms with Crippen LogP contribution in [-0.2, 0) is 14.3 Å². The number of thioether (sulfide) groups is 1. The number of rotatable bonds is 8. The number of nitrogens with zero attached hydrogens (tertiary/aromatic N) is 2. The molecule has 0 aliphatic rings. The minimum atomic E-state index is -0.666. The SMILES string of the molecule is COC(=O)[C@@H](CC(C)C)NC(=O)CSc1nnc(-c2ccc(Cl)cc2)o1. The lowest BCUT2D eigenvalue weighted by Crippen LogP contribution is -2.43. The van der Waals surface area contributed by atoms with Gasteiger partial charge in [0.2, 0.25) is 11.8 Å². The Bertz CT molecular complexity index is 749. The minimum absolute atomic E-state index is 0.0494. The van der Waals surface area contributed by atoms with E-state index in [2.05, 4.69) is 15.5 Å². The van der Waals surface area contributed by atoms with Gasteiger partial charge in [0.25, 0.3) is 5.22 Å². The van der Waals surface area contributed by atoms with Crippen LogP contribution in [0.3, 0.4) is 0 Å². The second kappa shape index (κ2) is 9.59. The van der Waals surface area contributed by atoms with Crippen LogP contribution in [-0.4, -0.2) is 41.0 Å². The predicted octanol–water partition coefficient (Wildman–Crippen LogP) is 3.19. The highest BCUT2D eigenvalue weighted by Gasteiger charge is 2.23. The molecule has 140 valence electrons. The molecule has 0 unspecified atom stereocenters. The first kappa shape index (κ1) is 20.3. The molecule has 1 atom stereocenters. The molecule has 1 aromatic carbocycles. The van der Waals surface area contributed by atoms with Crippen molar-refractivity contribution in [1.82, 2.24) is 15.5 Å². The van der Waals surface area contributed by atoms with Crippen molar-refractivity contribution in [1.29, 1.82) is 0 Å². The fourth-order valence-corrected chi connectivity index (χ4v) is 2.87. The lowest BCUT2D eigenvalue weighted by Gasteiger charge is -2.17. The summed E-state index contributed by atoms with van der Waals surface area (Å²) >= 11 is 6.94. The molecule has 0 aliphatic heterocycles. The van der Waals surface area contributed by atoms with Gasteiger partial charge in [-0.25, -0.2) is 4.79 Å². The van der Waals surface area contributed by atoms with Crippen molar-refractivity contribution in [3.63, 3.8) is 0 Å². The van der Waals surface area contributed by atoms with Gasteiger partial charge >= 0.3 is 5.97 Å². The molecule has 2 rings (SSSR count). The van der Waals surface area contributed by atoms with Gasteiger partial charge in [-0.1, -0.05) is 37.2 Å². The standard InChI is InChI=1S/C17H20ClN3O4S/c1-10(2)8-13(16(23)24-3)19-14(22)9-26-17-21-20-15(25-17)11-4-6-12(18)7-5-11/h4-7,10,13H,8-9H2,1-3H3,(H,19,22)/t13-/m1/s1. The van der Waals surface area contributed by atoms with E-state index >= 15 is 0 Å². The second-order valence-corrected chi connectivity index (χ2v) is 7.30. The normalized spacial score (nSPS) is 12.0. The second-order valence-electron chi connectivity index (χ2n) is 5.94. The summed E-state index contributed by atoms with van der Waals surface area (Å²) in [6, 6.07) is 6.32. The fourth-order valence-electron chi connectivity index (χ4n) is 2.17. The number of hydrogen-bond acceptors (Lipinski definition) is 7. The molecule has 7 nitrogen and oxygen atoms in total. The van der Waals surface area contributed by atoms with Crippen LogP contribution in [0.5, 0.6) is 0 Å². The van der Waals surface area contributed by atoms with E-state index in [1.807, 2.05) is 13.8 Å². The average molecular weight is 398 g/mol. The molecular formula is C17H20ClN3O4S. The van der Waals surface area contributed by atoms with Gasteiger partial charge in [-0.2, -0.15) is 0 Å². The molecule has 1 aromatic heterocycles. The maximum absolute atomic E-state index is 12.1. The lowest BCUT2D eigenvalue weighted by atomic mass is 10.0. The van der Waals surface area contributed by atoms with E-state index in [0.29, 0.717) is 17.3 Å². The minimum Gasteiger partial charge on any atom is -0.467 e. The van der Waals surface area contributed by atoms with E-state index in [1.54, 1.807) is 24.3 Å². The summed E-state index contributed by atoms with van der Waals surface area (Å²) in [5, 5.41) is 11.4. The maximum atomic E-state index is 12.1. The number of carbonyl (C=O) groups excluding carboxylic acids is 2. The Morgan fingerprint density at radius 1 is 1.27 bits per heavy atom. The van der Waals surface area contributed by atoms with E-state index in [1.165, 1.54) is 7.11 Å². The van der Waals surface area contributed by atoms with Crippen molar-refractivity contribution < 1.29 is 18.7 Å². The van der Waals surface area contributed by atoms with Crippen LogP contribution in [0, 0.1) is 5.92 Å². The fraction of sp³-hybridized carbons (Fsp3) is 0.412. The molecule has 0 bridgehead atoms. The van der Waals surface area contributed by atoms with Crippen LogP contribution < -0.4 is 5.32 Å². The Morgan fingerprint density at radius 2 is 1.96 bits per heavy atom. The summed E-state index contributed by atoms with van der Waals surface area (Å²) in [4.78, 5) is 23.8. The predicted molar refractivity (Wildman–Crippen MR) is 98.9 cm³/mol. The number of amides is 1. The number of methoxy groups -OCH3 is 1. The van der Waals surface area contributed by atoms with Gasteiger partial charge < -0.3 is 14.5 Å². The topological polar surface area (TPSA) is 94.3 Å². The first-order valence-corrected chi connectivity index (χ1v) is 9.34. The van der Waals surface area contributed by atoms with Gasteiger partial charge in [-0.05, 0) is 36.6 Å². The van der Waals surface area contributed by atoms with Crippen LogP contribution in [0.2, 0.25) is 5.02 Å². The maximum Gasteiger partial charge on any atom is 0.328 e. The Hall–Kier alpha value is -2.06. The Morgan fingerprint density at radius 3 is 2.58 bits per heavy atom. The lowest BCUT2D eigenvalue weighted by molar-refractivity contribution is -0.145. The molecule has 9 heteroatoms. The summed E-state index contributed by atoms with van der Waals surface area (Å²) in [6.07, 6.45) is 0.504.